The normalized spacial score (nSPS) is 19.0. The van der Waals surface area contributed by atoms with Crippen molar-refractivity contribution >= 4 is 34.2 Å². The van der Waals surface area contributed by atoms with Crippen molar-refractivity contribution in [3.05, 3.63) is 16.0 Å². The molecule has 2 N–H and O–H groups in total. The number of thioether (sulfide) groups is 1. The van der Waals surface area contributed by atoms with Crippen LogP contribution in [0.25, 0.3) is 0 Å². The third-order valence-corrected chi connectivity index (χ3v) is 6.25. The summed E-state index contributed by atoms with van der Waals surface area (Å²) >= 11 is 3.30. The summed E-state index contributed by atoms with van der Waals surface area (Å²) in [5, 5.41) is 9.91. The number of nitriles is 1. The SMILES string of the molecule is CC(C)(C)OC(=O)N1CC2(C1)SCc1sc(N)c(C#N)c12. The van der Waals surface area contributed by atoms with Gasteiger partial charge in [-0.25, -0.2) is 4.79 Å². The van der Waals surface area contributed by atoms with Crippen molar-refractivity contribution in [2.75, 3.05) is 18.8 Å². The second kappa shape index (κ2) is 4.55. The summed E-state index contributed by atoms with van der Waals surface area (Å²) in [6, 6.07) is 2.22. The van der Waals surface area contributed by atoms with Crippen LogP contribution in [0.1, 0.15) is 36.8 Å². The summed E-state index contributed by atoms with van der Waals surface area (Å²) in [6.07, 6.45) is -0.288. The van der Waals surface area contributed by atoms with Gasteiger partial charge in [0, 0.05) is 29.3 Å². The maximum absolute atomic E-state index is 12.1. The average molecular weight is 323 g/mol. The number of fused-ring (bicyclic) bond motifs is 2. The maximum Gasteiger partial charge on any atom is 0.410 e. The van der Waals surface area contributed by atoms with E-state index in [9.17, 15) is 10.1 Å². The Morgan fingerprint density at radius 3 is 2.71 bits per heavy atom. The number of rotatable bonds is 0. The highest BCUT2D eigenvalue weighted by molar-refractivity contribution is 8.00. The first-order valence-electron chi connectivity index (χ1n) is 6.69. The van der Waals surface area contributed by atoms with Crippen LogP contribution in [0.5, 0.6) is 0 Å². The Bertz CT molecular complexity index is 648. The largest absolute Gasteiger partial charge is 0.444 e. The number of thiophene rings is 1. The highest BCUT2D eigenvalue weighted by atomic mass is 32.2. The lowest BCUT2D eigenvalue weighted by Crippen LogP contribution is -2.59. The number of carbonyl (C=O) groups excluding carboxylic acids is 1. The topological polar surface area (TPSA) is 79.3 Å². The summed E-state index contributed by atoms with van der Waals surface area (Å²) in [5.41, 5.74) is 7.09. The van der Waals surface area contributed by atoms with E-state index in [0.717, 1.165) is 11.3 Å². The van der Waals surface area contributed by atoms with Crippen molar-refractivity contribution in [2.24, 2.45) is 0 Å². The quantitative estimate of drug-likeness (QED) is 0.794. The summed E-state index contributed by atoms with van der Waals surface area (Å²) in [4.78, 5) is 14.9. The molecule has 1 aromatic rings. The number of nitrogen functional groups attached to an aromatic ring is 1. The molecule has 0 atom stereocenters. The molecule has 1 aromatic heterocycles. The molecule has 1 fully saturated rings. The molecule has 7 heteroatoms. The van der Waals surface area contributed by atoms with Gasteiger partial charge in [0.25, 0.3) is 0 Å². The predicted molar refractivity (Wildman–Crippen MR) is 84.2 cm³/mol. The highest BCUT2D eigenvalue weighted by Crippen LogP contribution is 2.57. The van der Waals surface area contributed by atoms with Crippen molar-refractivity contribution in [3.63, 3.8) is 0 Å². The van der Waals surface area contributed by atoms with Crippen molar-refractivity contribution < 1.29 is 9.53 Å². The maximum atomic E-state index is 12.1. The number of nitrogens with two attached hydrogens (primary N) is 1. The van der Waals surface area contributed by atoms with Gasteiger partial charge in [0.15, 0.2) is 0 Å². The monoisotopic (exact) mass is 323 g/mol. The molecule has 0 aromatic carbocycles. The Labute approximate surface area is 132 Å². The van der Waals surface area contributed by atoms with Crippen LogP contribution in [0.3, 0.4) is 0 Å². The van der Waals surface area contributed by atoms with E-state index >= 15 is 0 Å². The first-order chi connectivity index (χ1) is 9.76. The highest BCUT2D eigenvalue weighted by Gasteiger charge is 2.54. The molecule has 3 heterocycles. The molecule has 0 bridgehead atoms. The zero-order chi connectivity index (χ0) is 15.4. The van der Waals surface area contributed by atoms with Gasteiger partial charge in [0.1, 0.15) is 16.7 Å². The standard InChI is InChI=1S/C14H17N3O2S2/c1-13(2,3)19-12(18)17-6-14(7-17)10-8(4-15)11(16)21-9(10)5-20-14/h5-7,16H2,1-3H3. The van der Waals surface area contributed by atoms with Crippen molar-refractivity contribution in [3.8, 4) is 6.07 Å². The first kappa shape index (κ1) is 14.5. The van der Waals surface area contributed by atoms with Crippen molar-refractivity contribution in [1.29, 1.82) is 5.26 Å². The lowest BCUT2D eigenvalue weighted by Gasteiger charge is -2.47. The van der Waals surface area contributed by atoms with Crippen LogP contribution in [0.4, 0.5) is 9.80 Å². The fraction of sp³-hybridized carbons (Fsp3) is 0.571. The molecule has 2 aliphatic rings. The van der Waals surface area contributed by atoms with E-state index in [1.165, 1.54) is 16.2 Å². The first-order valence-corrected chi connectivity index (χ1v) is 8.49. The van der Waals surface area contributed by atoms with E-state index in [2.05, 4.69) is 6.07 Å². The summed E-state index contributed by atoms with van der Waals surface area (Å²) in [6.45, 7) is 6.75. The molecule has 5 nitrogen and oxygen atoms in total. The van der Waals surface area contributed by atoms with E-state index in [4.69, 9.17) is 10.5 Å². The minimum absolute atomic E-state index is 0.161. The van der Waals surface area contributed by atoms with E-state index in [1.807, 2.05) is 20.8 Å². The van der Waals surface area contributed by atoms with Gasteiger partial charge in [-0.3, -0.25) is 0 Å². The van der Waals surface area contributed by atoms with Crippen LogP contribution < -0.4 is 5.73 Å². The summed E-state index contributed by atoms with van der Waals surface area (Å²) in [7, 11) is 0. The minimum atomic E-state index is -0.488. The Balaban J connectivity index is 1.78. The van der Waals surface area contributed by atoms with Gasteiger partial charge >= 0.3 is 6.09 Å². The van der Waals surface area contributed by atoms with Gasteiger partial charge in [0.2, 0.25) is 0 Å². The van der Waals surface area contributed by atoms with Gasteiger partial charge in [-0.2, -0.15) is 5.26 Å². The van der Waals surface area contributed by atoms with E-state index in [1.54, 1.807) is 16.7 Å². The second-order valence-electron chi connectivity index (χ2n) is 6.37. The van der Waals surface area contributed by atoms with Gasteiger partial charge in [0.05, 0.1) is 10.3 Å². The molecule has 1 saturated heterocycles. The molecule has 0 saturated carbocycles. The second-order valence-corrected chi connectivity index (χ2v) is 8.87. The molecule has 21 heavy (non-hydrogen) atoms. The molecular weight excluding hydrogens is 306 g/mol. The number of likely N-dealkylation sites (tertiary alicyclic amines) is 1. The van der Waals surface area contributed by atoms with E-state index in [-0.39, 0.29) is 10.8 Å². The zero-order valence-corrected chi connectivity index (χ0v) is 13.9. The molecule has 1 amide bonds. The molecule has 112 valence electrons. The molecule has 3 rings (SSSR count). The van der Waals surface area contributed by atoms with Gasteiger partial charge in [-0.1, -0.05) is 0 Å². The Kier molecular flexibility index (Phi) is 3.15. The molecule has 0 unspecified atom stereocenters. The molecular formula is C14H17N3O2S2. The van der Waals surface area contributed by atoms with Gasteiger partial charge in [-0.15, -0.1) is 23.1 Å². The Hall–Kier alpha value is -1.39. The lowest BCUT2D eigenvalue weighted by atomic mass is 9.88. The average Bonchev–Trinajstić information content (AvgIpc) is 2.79. The smallest absolute Gasteiger partial charge is 0.410 e. The van der Waals surface area contributed by atoms with Crippen LogP contribution in [-0.2, 0) is 15.2 Å². The summed E-state index contributed by atoms with van der Waals surface area (Å²) in [5.74, 6) is 0.869. The van der Waals surface area contributed by atoms with E-state index < -0.39 is 5.60 Å². The number of amides is 1. The lowest BCUT2D eigenvalue weighted by molar-refractivity contribution is 0.00445. The molecule has 1 spiro atoms. The zero-order valence-electron chi connectivity index (χ0n) is 12.2. The van der Waals surface area contributed by atoms with Gasteiger partial charge < -0.3 is 15.4 Å². The molecule has 2 aliphatic heterocycles. The third-order valence-electron chi connectivity index (χ3n) is 3.60. The number of hydrogen-bond acceptors (Lipinski definition) is 6. The number of carbonyl (C=O) groups is 1. The fourth-order valence-corrected chi connectivity index (χ4v) is 5.55. The van der Waals surface area contributed by atoms with Crippen molar-refractivity contribution in [1.82, 2.24) is 4.90 Å². The third kappa shape index (κ3) is 2.27. The van der Waals surface area contributed by atoms with E-state index in [0.29, 0.717) is 23.7 Å². The number of ether oxygens (including phenoxy) is 1. The number of nitrogens with zero attached hydrogens (tertiary/aromatic N) is 2. The molecule has 0 aliphatic carbocycles. The fourth-order valence-electron chi connectivity index (χ4n) is 2.74. The minimum Gasteiger partial charge on any atom is -0.444 e. The predicted octanol–water partition coefficient (Wildman–Crippen LogP) is 2.89. The van der Waals surface area contributed by atoms with Gasteiger partial charge in [-0.05, 0) is 20.8 Å². The van der Waals surface area contributed by atoms with Crippen LogP contribution in [-0.4, -0.2) is 29.7 Å². The number of hydrogen-bond donors (Lipinski definition) is 1. The van der Waals surface area contributed by atoms with Crippen LogP contribution in [0, 0.1) is 11.3 Å². The van der Waals surface area contributed by atoms with Crippen LogP contribution >= 0.6 is 23.1 Å². The molecule has 0 radical (unpaired) electrons. The Morgan fingerprint density at radius 2 is 2.14 bits per heavy atom. The van der Waals surface area contributed by atoms with Crippen molar-refractivity contribution in [2.45, 2.75) is 36.9 Å². The Morgan fingerprint density at radius 1 is 1.48 bits per heavy atom. The van der Waals surface area contributed by atoms with Crippen LogP contribution in [0.15, 0.2) is 0 Å². The number of anilines is 1. The van der Waals surface area contributed by atoms with Crippen LogP contribution in [0.2, 0.25) is 0 Å². The summed E-state index contributed by atoms with van der Waals surface area (Å²) < 4.78 is 5.22.